The fourth-order valence-electron chi connectivity index (χ4n) is 1.09. The van der Waals surface area contributed by atoms with Crippen molar-refractivity contribution in [2.75, 3.05) is 28.3 Å². The van der Waals surface area contributed by atoms with Crippen LogP contribution in [0.3, 0.4) is 0 Å². The SMILES string of the molecule is COc1ccc(N=CN(C)C)cc1OC. The fraction of sp³-hybridized carbons (Fsp3) is 0.364. The number of nitrogens with zero attached hydrogens (tertiary/aromatic N) is 2. The largest absolute Gasteiger partial charge is 0.493 e. The van der Waals surface area contributed by atoms with Crippen molar-refractivity contribution in [2.24, 2.45) is 4.99 Å². The van der Waals surface area contributed by atoms with Crippen LogP contribution >= 0.6 is 0 Å². The highest BCUT2D eigenvalue weighted by atomic mass is 16.5. The average molecular weight is 208 g/mol. The minimum Gasteiger partial charge on any atom is -0.493 e. The molecule has 15 heavy (non-hydrogen) atoms. The summed E-state index contributed by atoms with van der Waals surface area (Å²) >= 11 is 0. The normalized spacial score (nSPS) is 10.4. The summed E-state index contributed by atoms with van der Waals surface area (Å²) in [6.07, 6.45) is 1.74. The van der Waals surface area contributed by atoms with Crippen LogP contribution in [-0.2, 0) is 0 Å². The number of methoxy groups -OCH3 is 2. The summed E-state index contributed by atoms with van der Waals surface area (Å²) in [4.78, 5) is 6.13. The molecule has 4 nitrogen and oxygen atoms in total. The predicted molar refractivity (Wildman–Crippen MR) is 61.4 cm³/mol. The molecule has 0 spiro atoms. The Bertz CT molecular complexity index is 348. The van der Waals surface area contributed by atoms with Crippen molar-refractivity contribution >= 4 is 12.0 Å². The Morgan fingerprint density at radius 1 is 1.13 bits per heavy atom. The molecule has 0 saturated carbocycles. The van der Waals surface area contributed by atoms with E-state index in [4.69, 9.17) is 9.47 Å². The van der Waals surface area contributed by atoms with Gasteiger partial charge in [-0.2, -0.15) is 0 Å². The summed E-state index contributed by atoms with van der Waals surface area (Å²) in [5, 5.41) is 0. The lowest BCUT2D eigenvalue weighted by molar-refractivity contribution is 0.355. The molecule has 0 aliphatic carbocycles. The summed E-state index contributed by atoms with van der Waals surface area (Å²) in [6.45, 7) is 0. The maximum absolute atomic E-state index is 5.17. The van der Waals surface area contributed by atoms with Gasteiger partial charge in [0.1, 0.15) is 0 Å². The summed E-state index contributed by atoms with van der Waals surface area (Å²) in [5.41, 5.74) is 0.835. The molecule has 0 bridgehead atoms. The van der Waals surface area contributed by atoms with Crippen molar-refractivity contribution < 1.29 is 9.47 Å². The third kappa shape index (κ3) is 3.16. The van der Waals surface area contributed by atoms with Gasteiger partial charge in [-0.05, 0) is 12.1 Å². The number of rotatable bonds is 4. The molecule has 0 aliphatic rings. The molecule has 0 N–H and O–H groups in total. The Balaban J connectivity index is 2.93. The van der Waals surface area contributed by atoms with Gasteiger partial charge in [-0.15, -0.1) is 0 Å². The van der Waals surface area contributed by atoms with E-state index >= 15 is 0 Å². The van der Waals surface area contributed by atoms with Crippen LogP contribution in [0, 0.1) is 0 Å². The first-order valence-electron chi connectivity index (χ1n) is 4.60. The second-order valence-corrected chi connectivity index (χ2v) is 3.25. The van der Waals surface area contributed by atoms with E-state index < -0.39 is 0 Å². The van der Waals surface area contributed by atoms with Gasteiger partial charge in [0.05, 0.1) is 26.2 Å². The standard InChI is InChI=1S/C11H16N2O2/c1-13(2)8-12-9-5-6-10(14-3)11(7-9)15-4/h5-8H,1-4H3. The molecule has 1 aromatic rings. The zero-order chi connectivity index (χ0) is 11.3. The predicted octanol–water partition coefficient (Wildman–Crippen LogP) is 1.93. The third-order valence-corrected chi connectivity index (χ3v) is 1.80. The molecule has 0 radical (unpaired) electrons. The summed E-state index contributed by atoms with van der Waals surface area (Å²) < 4.78 is 10.3. The molecule has 1 aromatic carbocycles. The highest BCUT2D eigenvalue weighted by Gasteiger charge is 2.02. The smallest absolute Gasteiger partial charge is 0.162 e. The Labute approximate surface area is 90.1 Å². The molecule has 0 amide bonds. The number of benzene rings is 1. The van der Waals surface area contributed by atoms with Crippen LogP contribution in [0.15, 0.2) is 23.2 Å². The lowest BCUT2D eigenvalue weighted by Gasteiger charge is -2.08. The van der Waals surface area contributed by atoms with Crippen LogP contribution in [0.2, 0.25) is 0 Å². The quantitative estimate of drug-likeness (QED) is 0.560. The third-order valence-electron chi connectivity index (χ3n) is 1.80. The number of ether oxygens (including phenoxy) is 2. The van der Waals surface area contributed by atoms with E-state index in [1.165, 1.54) is 0 Å². The van der Waals surface area contributed by atoms with Gasteiger partial charge < -0.3 is 14.4 Å². The molecule has 1 rings (SSSR count). The van der Waals surface area contributed by atoms with Gasteiger partial charge in [-0.25, -0.2) is 4.99 Å². The van der Waals surface area contributed by atoms with Crippen molar-refractivity contribution in [1.29, 1.82) is 0 Å². The lowest BCUT2D eigenvalue weighted by Crippen LogP contribution is -2.06. The van der Waals surface area contributed by atoms with Crippen LogP contribution < -0.4 is 9.47 Å². The Morgan fingerprint density at radius 3 is 2.33 bits per heavy atom. The number of aliphatic imine (C=N–C) groups is 1. The Kier molecular flexibility index (Phi) is 3.97. The Morgan fingerprint density at radius 2 is 1.80 bits per heavy atom. The molecule has 0 fully saturated rings. The maximum Gasteiger partial charge on any atom is 0.162 e. The van der Waals surface area contributed by atoms with Gasteiger partial charge in [0.25, 0.3) is 0 Å². The van der Waals surface area contributed by atoms with Crippen LogP contribution in [0.25, 0.3) is 0 Å². The minimum atomic E-state index is 0.686. The molecule has 0 atom stereocenters. The van der Waals surface area contributed by atoms with Gasteiger partial charge in [0, 0.05) is 20.2 Å². The monoisotopic (exact) mass is 208 g/mol. The van der Waals surface area contributed by atoms with Crippen molar-refractivity contribution in [3.8, 4) is 11.5 Å². The van der Waals surface area contributed by atoms with Crippen LogP contribution in [0.4, 0.5) is 5.69 Å². The van der Waals surface area contributed by atoms with Crippen molar-refractivity contribution in [2.45, 2.75) is 0 Å². The molecule has 0 unspecified atom stereocenters. The number of hydrogen-bond acceptors (Lipinski definition) is 3. The molecule has 4 heteroatoms. The topological polar surface area (TPSA) is 34.1 Å². The highest BCUT2D eigenvalue weighted by Crippen LogP contribution is 2.30. The summed E-state index contributed by atoms with van der Waals surface area (Å²) in [6, 6.07) is 5.54. The second kappa shape index (κ2) is 5.24. The molecule has 0 aromatic heterocycles. The van der Waals surface area contributed by atoms with Gasteiger partial charge in [-0.3, -0.25) is 0 Å². The zero-order valence-corrected chi connectivity index (χ0v) is 9.52. The van der Waals surface area contributed by atoms with Crippen molar-refractivity contribution in [3.05, 3.63) is 18.2 Å². The van der Waals surface area contributed by atoms with Crippen LogP contribution in [0.1, 0.15) is 0 Å². The van der Waals surface area contributed by atoms with Gasteiger partial charge in [0.2, 0.25) is 0 Å². The van der Waals surface area contributed by atoms with E-state index in [9.17, 15) is 0 Å². The van der Waals surface area contributed by atoms with E-state index in [0.717, 1.165) is 5.69 Å². The fourth-order valence-corrected chi connectivity index (χ4v) is 1.09. The van der Waals surface area contributed by atoms with E-state index in [0.29, 0.717) is 11.5 Å². The van der Waals surface area contributed by atoms with Crippen molar-refractivity contribution in [1.82, 2.24) is 4.90 Å². The zero-order valence-electron chi connectivity index (χ0n) is 9.52. The lowest BCUT2D eigenvalue weighted by atomic mass is 10.3. The first kappa shape index (κ1) is 11.4. The highest BCUT2D eigenvalue weighted by molar-refractivity contribution is 5.62. The molecule has 82 valence electrons. The molecule has 0 aliphatic heterocycles. The summed E-state index contributed by atoms with van der Waals surface area (Å²) in [7, 11) is 7.06. The maximum atomic E-state index is 5.17. The number of hydrogen-bond donors (Lipinski definition) is 0. The molecule has 0 saturated heterocycles. The Hall–Kier alpha value is -1.71. The minimum absolute atomic E-state index is 0.686. The van der Waals surface area contributed by atoms with E-state index in [1.54, 1.807) is 20.6 Å². The van der Waals surface area contributed by atoms with Crippen LogP contribution in [-0.4, -0.2) is 39.6 Å². The van der Waals surface area contributed by atoms with E-state index in [1.807, 2.05) is 37.2 Å². The second-order valence-electron chi connectivity index (χ2n) is 3.25. The van der Waals surface area contributed by atoms with Gasteiger partial charge in [0.15, 0.2) is 11.5 Å². The molecular formula is C11H16N2O2. The molecular weight excluding hydrogens is 192 g/mol. The first-order chi connectivity index (χ1) is 7.17. The van der Waals surface area contributed by atoms with Gasteiger partial charge in [-0.1, -0.05) is 0 Å². The van der Waals surface area contributed by atoms with Crippen LogP contribution in [0.5, 0.6) is 11.5 Å². The molecule has 0 heterocycles. The summed E-state index contributed by atoms with van der Waals surface area (Å²) in [5.74, 6) is 1.40. The average Bonchev–Trinajstić information content (AvgIpc) is 2.25. The van der Waals surface area contributed by atoms with E-state index in [-0.39, 0.29) is 0 Å². The van der Waals surface area contributed by atoms with Gasteiger partial charge >= 0.3 is 0 Å². The first-order valence-corrected chi connectivity index (χ1v) is 4.60. The van der Waals surface area contributed by atoms with Crippen molar-refractivity contribution in [3.63, 3.8) is 0 Å². The van der Waals surface area contributed by atoms with E-state index in [2.05, 4.69) is 4.99 Å².